The molecule has 1 atom stereocenters. The van der Waals surface area contributed by atoms with E-state index in [1.807, 2.05) is 20.8 Å². The molecule has 0 heterocycles. The zero-order valence-electron chi connectivity index (χ0n) is 11.3. The van der Waals surface area contributed by atoms with E-state index >= 15 is 0 Å². The monoisotopic (exact) mass is 253 g/mol. The number of ketones is 1. The van der Waals surface area contributed by atoms with Gasteiger partial charge in [0, 0.05) is 5.56 Å². The Morgan fingerprint density at radius 2 is 2.06 bits per heavy atom. The van der Waals surface area contributed by atoms with Crippen LogP contribution < -0.4 is 10.1 Å². The lowest BCUT2D eigenvalue weighted by molar-refractivity contribution is 0.0951. The molecular formula is C14H20FNO2. The van der Waals surface area contributed by atoms with Crippen molar-refractivity contribution in [3.63, 3.8) is 0 Å². The summed E-state index contributed by atoms with van der Waals surface area (Å²) in [6.45, 7) is 8.04. The van der Waals surface area contributed by atoms with Crippen LogP contribution in [0.15, 0.2) is 18.2 Å². The number of Topliss-reactive ketones (excluding diaryl/α,β-unsaturated/α-hetero) is 1. The van der Waals surface area contributed by atoms with Crippen molar-refractivity contribution in [2.45, 2.75) is 39.8 Å². The van der Waals surface area contributed by atoms with E-state index in [2.05, 4.69) is 5.32 Å². The van der Waals surface area contributed by atoms with Gasteiger partial charge in [-0.05, 0) is 45.5 Å². The number of ether oxygens (including phenoxy) is 1. The summed E-state index contributed by atoms with van der Waals surface area (Å²) in [5.74, 6) is -0.442. The maximum absolute atomic E-state index is 13.7. The highest BCUT2D eigenvalue weighted by molar-refractivity contribution is 5.99. The van der Waals surface area contributed by atoms with Crippen molar-refractivity contribution in [1.29, 1.82) is 0 Å². The van der Waals surface area contributed by atoms with Crippen LogP contribution in [0.5, 0.6) is 5.75 Å². The fraction of sp³-hybridized carbons (Fsp3) is 0.500. The highest BCUT2D eigenvalue weighted by atomic mass is 19.1. The second-order valence-electron chi connectivity index (χ2n) is 4.46. The molecule has 18 heavy (non-hydrogen) atoms. The van der Waals surface area contributed by atoms with Gasteiger partial charge in [-0.25, -0.2) is 4.39 Å². The quantitative estimate of drug-likeness (QED) is 0.792. The third-order valence-electron chi connectivity index (χ3n) is 2.48. The molecule has 0 saturated heterocycles. The molecule has 0 aliphatic rings. The highest BCUT2D eigenvalue weighted by Crippen LogP contribution is 2.20. The van der Waals surface area contributed by atoms with Gasteiger partial charge in [0.2, 0.25) is 0 Å². The molecule has 0 saturated carbocycles. The minimum absolute atomic E-state index is 0.0956. The lowest BCUT2D eigenvalue weighted by Gasteiger charge is -2.13. The van der Waals surface area contributed by atoms with Gasteiger partial charge in [-0.1, -0.05) is 6.92 Å². The summed E-state index contributed by atoms with van der Waals surface area (Å²) in [7, 11) is 0. The molecule has 0 aromatic heterocycles. The first-order valence-corrected chi connectivity index (χ1v) is 6.19. The predicted octanol–water partition coefficient (Wildman–Crippen LogP) is 2.79. The summed E-state index contributed by atoms with van der Waals surface area (Å²) in [4.78, 5) is 12.0. The Morgan fingerprint density at radius 3 is 2.56 bits per heavy atom. The van der Waals surface area contributed by atoms with E-state index in [9.17, 15) is 9.18 Å². The molecule has 0 fully saturated rings. The van der Waals surface area contributed by atoms with Crippen LogP contribution in [-0.4, -0.2) is 24.5 Å². The van der Waals surface area contributed by atoms with Crippen LogP contribution in [-0.2, 0) is 0 Å². The molecule has 0 aliphatic heterocycles. The Bertz CT molecular complexity index is 418. The first-order chi connectivity index (χ1) is 8.45. The van der Waals surface area contributed by atoms with Crippen molar-refractivity contribution >= 4 is 5.78 Å². The number of carbonyl (C=O) groups is 1. The molecule has 4 heteroatoms. The van der Waals surface area contributed by atoms with Crippen LogP contribution in [0.25, 0.3) is 0 Å². The number of hydrogen-bond donors (Lipinski definition) is 1. The van der Waals surface area contributed by atoms with Gasteiger partial charge in [-0.15, -0.1) is 0 Å². The molecule has 1 N–H and O–H groups in total. The van der Waals surface area contributed by atoms with Crippen molar-refractivity contribution in [3.8, 4) is 5.75 Å². The van der Waals surface area contributed by atoms with Crippen LogP contribution in [0.3, 0.4) is 0 Å². The van der Waals surface area contributed by atoms with Crippen LogP contribution in [0.1, 0.15) is 38.1 Å². The summed E-state index contributed by atoms with van der Waals surface area (Å²) in [5, 5.41) is 3.01. The van der Waals surface area contributed by atoms with E-state index in [0.29, 0.717) is 12.1 Å². The number of likely N-dealkylation sites (N-methyl/N-ethyl adjacent to an activating group) is 1. The number of rotatable bonds is 6. The lowest BCUT2D eigenvalue weighted by Crippen LogP contribution is -2.33. The minimum atomic E-state index is -0.502. The highest BCUT2D eigenvalue weighted by Gasteiger charge is 2.16. The molecule has 3 nitrogen and oxygen atoms in total. The van der Waals surface area contributed by atoms with Crippen LogP contribution in [0, 0.1) is 5.82 Å². The zero-order chi connectivity index (χ0) is 13.7. The average molecular weight is 253 g/mol. The topological polar surface area (TPSA) is 38.3 Å². The van der Waals surface area contributed by atoms with Gasteiger partial charge in [0.05, 0.1) is 12.1 Å². The Balaban J connectivity index is 2.86. The predicted molar refractivity (Wildman–Crippen MR) is 69.6 cm³/mol. The summed E-state index contributed by atoms with van der Waals surface area (Å²) < 4.78 is 19.0. The average Bonchev–Trinajstić information content (AvgIpc) is 2.30. The molecule has 1 aromatic carbocycles. The summed E-state index contributed by atoms with van der Waals surface area (Å²) >= 11 is 0. The smallest absolute Gasteiger partial charge is 0.179 e. The second-order valence-corrected chi connectivity index (χ2v) is 4.46. The molecule has 0 aliphatic carbocycles. The SMILES string of the molecule is CCNC(C)C(=O)c1ccc(OC(C)C)c(F)c1. The zero-order valence-corrected chi connectivity index (χ0v) is 11.3. The van der Waals surface area contributed by atoms with Gasteiger partial charge >= 0.3 is 0 Å². The van der Waals surface area contributed by atoms with Crippen LogP contribution >= 0.6 is 0 Å². The van der Waals surface area contributed by atoms with E-state index in [0.717, 1.165) is 0 Å². The summed E-state index contributed by atoms with van der Waals surface area (Å²) in [6.07, 6.45) is -0.0956. The number of nitrogens with one attached hydrogen (secondary N) is 1. The first-order valence-electron chi connectivity index (χ1n) is 6.19. The van der Waals surface area contributed by atoms with Gasteiger partial charge in [-0.2, -0.15) is 0 Å². The fourth-order valence-corrected chi connectivity index (χ4v) is 1.65. The fourth-order valence-electron chi connectivity index (χ4n) is 1.65. The lowest BCUT2D eigenvalue weighted by atomic mass is 10.1. The van der Waals surface area contributed by atoms with Crippen LogP contribution in [0.2, 0.25) is 0 Å². The molecule has 1 unspecified atom stereocenters. The first kappa shape index (κ1) is 14.6. The Morgan fingerprint density at radius 1 is 1.39 bits per heavy atom. The standard InChI is InChI=1S/C14H20FNO2/c1-5-16-10(4)14(17)11-6-7-13(12(15)8-11)18-9(2)3/h6-10,16H,5H2,1-4H3. The van der Waals surface area contributed by atoms with Gasteiger partial charge in [0.1, 0.15) is 0 Å². The Labute approximate surface area is 107 Å². The van der Waals surface area contributed by atoms with Crippen LogP contribution in [0.4, 0.5) is 4.39 Å². The van der Waals surface area contributed by atoms with Gasteiger partial charge in [0.15, 0.2) is 17.3 Å². The molecule has 100 valence electrons. The van der Waals surface area contributed by atoms with Crippen molar-refractivity contribution in [2.24, 2.45) is 0 Å². The van der Waals surface area contributed by atoms with E-state index in [4.69, 9.17) is 4.74 Å². The Hall–Kier alpha value is -1.42. The molecule has 1 rings (SSSR count). The maximum atomic E-state index is 13.7. The molecule has 1 aromatic rings. The minimum Gasteiger partial charge on any atom is -0.488 e. The van der Waals surface area contributed by atoms with Crippen molar-refractivity contribution in [1.82, 2.24) is 5.32 Å². The van der Waals surface area contributed by atoms with E-state index in [1.54, 1.807) is 13.0 Å². The van der Waals surface area contributed by atoms with Crippen molar-refractivity contribution in [3.05, 3.63) is 29.6 Å². The number of hydrogen-bond acceptors (Lipinski definition) is 3. The molecule has 0 amide bonds. The van der Waals surface area contributed by atoms with Gasteiger partial charge in [0.25, 0.3) is 0 Å². The van der Waals surface area contributed by atoms with Crippen molar-refractivity contribution in [2.75, 3.05) is 6.54 Å². The molecular weight excluding hydrogens is 233 g/mol. The third-order valence-corrected chi connectivity index (χ3v) is 2.48. The Kier molecular flexibility index (Phi) is 5.28. The largest absolute Gasteiger partial charge is 0.488 e. The van der Waals surface area contributed by atoms with E-state index < -0.39 is 5.82 Å². The van der Waals surface area contributed by atoms with Gasteiger partial charge < -0.3 is 10.1 Å². The molecule has 0 spiro atoms. The van der Waals surface area contributed by atoms with E-state index in [1.165, 1.54) is 12.1 Å². The van der Waals surface area contributed by atoms with Gasteiger partial charge in [-0.3, -0.25) is 4.79 Å². The summed E-state index contributed by atoms with van der Waals surface area (Å²) in [6, 6.07) is 4.01. The normalized spacial score (nSPS) is 12.6. The maximum Gasteiger partial charge on any atom is 0.179 e. The number of benzene rings is 1. The molecule has 0 bridgehead atoms. The van der Waals surface area contributed by atoms with E-state index in [-0.39, 0.29) is 23.7 Å². The second kappa shape index (κ2) is 6.50. The number of halogens is 1. The molecule has 0 radical (unpaired) electrons. The summed E-state index contributed by atoms with van der Waals surface area (Å²) in [5.41, 5.74) is 0.358. The number of carbonyl (C=O) groups excluding carboxylic acids is 1. The third kappa shape index (κ3) is 3.81. The van der Waals surface area contributed by atoms with Crippen molar-refractivity contribution < 1.29 is 13.9 Å².